The van der Waals surface area contributed by atoms with Crippen LogP contribution in [-0.4, -0.2) is 15.7 Å². The van der Waals surface area contributed by atoms with E-state index >= 15 is 0 Å². The number of aryl methyl sites for hydroxylation is 1. The first kappa shape index (κ1) is 15.1. The summed E-state index contributed by atoms with van der Waals surface area (Å²) in [6, 6.07) is 4.87. The van der Waals surface area contributed by atoms with Crippen molar-refractivity contribution in [2.45, 2.75) is 19.6 Å². The number of benzene rings is 1. The minimum Gasteiger partial charge on any atom is -0.348 e. The van der Waals surface area contributed by atoms with Gasteiger partial charge in [0.2, 0.25) is 0 Å². The monoisotopic (exact) mass is 297 g/mol. The van der Waals surface area contributed by atoms with Gasteiger partial charge in [0.15, 0.2) is 0 Å². The summed E-state index contributed by atoms with van der Waals surface area (Å²) in [5.74, 6) is -0.363. The molecule has 0 aliphatic rings. The summed E-state index contributed by atoms with van der Waals surface area (Å²) in [5.41, 5.74) is 0.757. The number of nitrogens with zero attached hydrogens (tertiary/aromatic N) is 2. The highest BCUT2D eigenvalue weighted by atomic mass is 19.4. The molecule has 2 aromatic rings. The van der Waals surface area contributed by atoms with Crippen molar-refractivity contribution in [3.8, 4) is 0 Å². The average molecular weight is 297 g/mol. The van der Waals surface area contributed by atoms with E-state index in [1.54, 1.807) is 18.7 Å². The number of halogens is 3. The Kier molecular flexibility index (Phi) is 4.02. The molecule has 7 heteroatoms. The van der Waals surface area contributed by atoms with Crippen LogP contribution in [0.25, 0.3) is 0 Å². The smallest absolute Gasteiger partial charge is 0.348 e. The summed E-state index contributed by atoms with van der Waals surface area (Å²) in [5, 5.41) is 6.53. The van der Waals surface area contributed by atoms with Crippen molar-refractivity contribution in [3.63, 3.8) is 0 Å². The number of aromatic nitrogens is 2. The number of rotatable bonds is 3. The Bertz CT molecular complexity index is 662. The van der Waals surface area contributed by atoms with Crippen LogP contribution in [0.2, 0.25) is 0 Å². The predicted molar refractivity (Wildman–Crippen MR) is 70.6 cm³/mol. The van der Waals surface area contributed by atoms with Gasteiger partial charge in [-0.25, -0.2) is 0 Å². The lowest BCUT2D eigenvalue weighted by Gasteiger charge is -2.09. The van der Waals surface area contributed by atoms with Crippen molar-refractivity contribution in [1.29, 1.82) is 0 Å². The van der Waals surface area contributed by atoms with Gasteiger partial charge in [0.1, 0.15) is 0 Å². The molecule has 0 saturated heterocycles. The van der Waals surface area contributed by atoms with E-state index in [0.29, 0.717) is 16.8 Å². The number of carbonyl (C=O) groups is 1. The van der Waals surface area contributed by atoms with E-state index in [1.165, 1.54) is 18.3 Å². The Morgan fingerprint density at radius 2 is 2.10 bits per heavy atom. The van der Waals surface area contributed by atoms with Gasteiger partial charge in [0, 0.05) is 19.3 Å². The van der Waals surface area contributed by atoms with Crippen LogP contribution in [0.5, 0.6) is 0 Å². The summed E-state index contributed by atoms with van der Waals surface area (Å²) in [6.07, 6.45) is -2.96. The topological polar surface area (TPSA) is 46.9 Å². The van der Waals surface area contributed by atoms with Crippen molar-refractivity contribution in [2.24, 2.45) is 7.05 Å². The summed E-state index contributed by atoms with van der Waals surface area (Å²) in [6.45, 7) is 1.77. The van der Waals surface area contributed by atoms with Gasteiger partial charge in [-0.3, -0.25) is 9.48 Å². The van der Waals surface area contributed by atoms with E-state index in [9.17, 15) is 18.0 Å². The maximum Gasteiger partial charge on any atom is 0.416 e. The quantitative estimate of drug-likeness (QED) is 0.947. The van der Waals surface area contributed by atoms with Crippen molar-refractivity contribution in [2.75, 3.05) is 0 Å². The summed E-state index contributed by atoms with van der Waals surface area (Å²) >= 11 is 0. The van der Waals surface area contributed by atoms with Gasteiger partial charge in [0.25, 0.3) is 5.91 Å². The van der Waals surface area contributed by atoms with Gasteiger partial charge in [-0.05, 0) is 24.6 Å². The number of alkyl halides is 3. The fourth-order valence-corrected chi connectivity index (χ4v) is 1.86. The maximum absolute atomic E-state index is 12.6. The molecule has 0 fully saturated rings. The van der Waals surface area contributed by atoms with E-state index < -0.39 is 11.7 Å². The second kappa shape index (κ2) is 5.59. The molecule has 1 heterocycles. The van der Waals surface area contributed by atoms with Crippen molar-refractivity contribution in [3.05, 3.63) is 52.8 Å². The molecule has 0 bridgehead atoms. The Morgan fingerprint density at radius 1 is 1.38 bits per heavy atom. The largest absolute Gasteiger partial charge is 0.416 e. The van der Waals surface area contributed by atoms with Crippen LogP contribution < -0.4 is 5.32 Å². The van der Waals surface area contributed by atoms with E-state index in [-0.39, 0.29) is 12.5 Å². The standard InChI is InChI=1S/C14H14F3N3O/c1-9-12(8-19-20(9)2)13(21)18-7-10-4-3-5-11(6-10)14(15,16)17/h3-6,8H,7H2,1-2H3,(H,18,21). The van der Waals surface area contributed by atoms with Crippen LogP contribution in [0.15, 0.2) is 30.5 Å². The molecule has 112 valence electrons. The Hall–Kier alpha value is -2.31. The Balaban J connectivity index is 2.07. The molecule has 1 aromatic heterocycles. The SMILES string of the molecule is Cc1c(C(=O)NCc2cccc(C(F)(F)F)c2)cnn1C. The second-order valence-corrected chi connectivity index (χ2v) is 4.65. The zero-order chi connectivity index (χ0) is 15.6. The highest BCUT2D eigenvalue weighted by Gasteiger charge is 2.30. The molecule has 4 nitrogen and oxygen atoms in total. The van der Waals surface area contributed by atoms with E-state index in [2.05, 4.69) is 10.4 Å². The average Bonchev–Trinajstić information content (AvgIpc) is 2.76. The third-order valence-electron chi connectivity index (χ3n) is 3.19. The van der Waals surface area contributed by atoms with E-state index in [1.807, 2.05) is 0 Å². The zero-order valence-electron chi connectivity index (χ0n) is 11.5. The molecule has 0 radical (unpaired) electrons. The van der Waals surface area contributed by atoms with Crippen molar-refractivity contribution in [1.82, 2.24) is 15.1 Å². The van der Waals surface area contributed by atoms with Crippen molar-refractivity contribution >= 4 is 5.91 Å². The van der Waals surface area contributed by atoms with Gasteiger partial charge < -0.3 is 5.32 Å². The lowest BCUT2D eigenvalue weighted by molar-refractivity contribution is -0.137. The first-order chi connectivity index (χ1) is 9.79. The number of carbonyl (C=O) groups excluding carboxylic acids is 1. The highest BCUT2D eigenvalue weighted by Crippen LogP contribution is 2.29. The lowest BCUT2D eigenvalue weighted by atomic mass is 10.1. The Morgan fingerprint density at radius 3 is 2.67 bits per heavy atom. The van der Waals surface area contributed by atoms with Crippen LogP contribution in [0.3, 0.4) is 0 Å². The number of nitrogens with one attached hydrogen (secondary N) is 1. The highest BCUT2D eigenvalue weighted by molar-refractivity contribution is 5.94. The second-order valence-electron chi connectivity index (χ2n) is 4.65. The van der Waals surface area contributed by atoms with Crippen LogP contribution in [0.1, 0.15) is 27.2 Å². The molecule has 1 amide bonds. The van der Waals surface area contributed by atoms with Gasteiger partial charge in [-0.1, -0.05) is 12.1 Å². The molecule has 0 unspecified atom stereocenters. The fourth-order valence-electron chi connectivity index (χ4n) is 1.86. The third kappa shape index (κ3) is 3.42. The summed E-state index contributed by atoms with van der Waals surface area (Å²) in [4.78, 5) is 11.9. The van der Waals surface area contributed by atoms with Crippen LogP contribution in [0, 0.1) is 6.92 Å². The van der Waals surface area contributed by atoms with Crippen LogP contribution in [-0.2, 0) is 19.8 Å². The zero-order valence-corrected chi connectivity index (χ0v) is 11.5. The predicted octanol–water partition coefficient (Wildman–Crippen LogP) is 2.68. The lowest BCUT2D eigenvalue weighted by Crippen LogP contribution is -2.23. The third-order valence-corrected chi connectivity index (χ3v) is 3.19. The molecule has 0 aliphatic carbocycles. The molecule has 0 aliphatic heterocycles. The minimum absolute atomic E-state index is 0.0249. The molecule has 2 rings (SSSR count). The number of hydrogen-bond acceptors (Lipinski definition) is 2. The number of amides is 1. The summed E-state index contributed by atoms with van der Waals surface area (Å²) < 4.78 is 39.3. The van der Waals surface area contributed by atoms with Crippen LogP contribution in [0.4, 0.5) is 13.2 Å². The Labute approximate surface area is 119 Å². The molecule has 1 aromatic carbocycles. The number of hydrogen-bond donors (Lipinski definition) is 1. The molecule has 0 spiro atoms. The van der Waals surface area contributed by atoms with Gasteiger partial charge >= 0.3 is 6.18 Å². The fraction of sp³-hybridized carbons (Fsp3) is 0.286. The maximum atomic E-state index is 12.6. The van der Waals surface area contributed by atoms with Gasteiger partial charge in [-0.15, -0.1) is 0 Å². The summed E-state index contributed by atoms with van der Waals surface area (Å²) in [7, 11) is 1.71. The van der Waals surface area contributed by atoms with Gasteiger partial charge in [-0.2, -0.15) is 18.3 Å². The van der Waals surface area contributed by atoms with Crippen LogP contribution >= 0.6 is 0 Å². The molecule has 21 heavy (non-hydrogen) atoms. The molecule has 1 N–H and O–H groups in total. The van der Waals surface area contributed by atoms with E-state index in [0.717, 1.165) is 12.1 Å². The minimum atomic E-state index is -4.39. The normalized spacial score (nSPS) is 11.5. The first-order valence-corrected chi connectivity index (χ1v) is 6.22. The molecular formula is C14H14F3N3O. The molecule has 0 saturated carbocycles. The van der Waals surface area contributed by atoms with Gasteiger partial charge in [0.05, 0.1) is 17.3 Å². The molecular weight excluding hydrogens is 283 g/mol. The molecule has 0 atom stereocenters. The first-order valence-electron chi connectivity index (χ1n) is 6.22. The van der Waals surface area contributed by atoms with Crippen molar-refractivity contribution < 1.29 is 18.0 Å². The van der Waals surface area contributed by atoms with E-state index in [4.69, 9.17) is 0 Å².